The lowest BCUT2D eigenvalue weighted by atomic mass is 9.67. The minimum Gasteiger partial charge on any atom is -0.228 e. The Balaban J connectivity index is 1.10. The second-order valence-corrected chi connectivity index (χ2v) is 14.1. The molecule has 2 nitrogen and oxygen atoms in total. The largest absolute Gasteiger partial charge is 0.228 e. The van der Waals surface area contributed by atoms with Crippen LogP contribution in [0.1, 0.15) is 22.3 Å². The Bertz CT molecular complexity index is 2740. The Kier molecular flexibility index (Phi) is 8.08. The highest BCUT2D eigenvalue weighted by atomic mass is 14.9. The van der Waals surface area contributed by atoms with E-state index in [-0.39, 0.29) is 0 Å². The van der Waals surface area contributed by atoms with Crippen LogP contribution >= 0.6 is 0 Å². The summed E-state index contributed by atoms with van der Waals surface area (Å²) >= 11 is 0. The van der Waals surface area contributed by atoms with E-state index < -0.39 is 5.41 Å². The molecule has 8 aromatic carbocycles. The van der Waals surface area contributed by atoms with Gasteiger partial charge in [-0.05, 0) is 67.8 Å². The zero-order chi connectivity index (χ0) is 36.6. The van der Waals surface area contributed by atoms with Crippen molar-refractivity contribution in [1.82, 2.24) is 9.97 Å². The summed E-state index contributed by atoms with van der Waals surface area (Å²) in [6.07, 6.45) is 0. The van der Waals surface area contributed by atoms with Gasteiger partial charge in [0.25, 0.3) is 0 Å². The summed E-state index contributed by atoms with van der Waals surface area (Å²) in [6.45, 7) is 0. The predicted octanol–water partition coefficient (Wildman–Crippen LogP) is 13.2. The third kappa shape index (κ3) is 5.59. The van der Waals surface area contributed by atoms with E-state index in [1.165, 1.54) is 50.1 Å². The maximum Gasteiger partial charge on any atom is 0.160 e. The zero-order valence-corrected chi connectivity index (χ0v) is 30.2. The fourth-order valence-corrected chi connectivity index (χ4v) is 8.50. The third-order valence-corrected chi connectivity index (χ3v) is 11.0. The third-order valence-electron chi connectivity index (χ3n) is 11.0. The molecule has 1 heterocycles. The van der Waals surface area contributed by atoms with Crippen molar-refractivity contribution < 1.29 is 0 Å². The Morgan fingerprint density at radius 3 is 1.44 bits per heavy atom. The first-order valence-corrected chi connectivity index (χ1v) is 18.8. The van der Waals surface area contributed by atoms with Crippen molar-refractivity contribution in [2.24, 2.45) is 0 Å². The van der Waals surface area contributed by atoms with E-state index in [0.717, 1.165) is 33.6 Å². The van der Waals surface area contributed by atoms with Gasteiger partial charge >= 0.3 is 0 Å². The lowest BCUT2D eigenvalue weighted by molar-refractivity contribution is 0.768. The fourth-order valence-electron chi connectivity index (χ4n) is 8.50. The number of benzene rings is 8. The molecule has 1 aromatic heterocycles. The first kappa shape index (κ1) is 32.5. The average molecular weight is 701 g/mol. The van der Waals surface area contributed by atoms with E-state index in [2.05, 4.69) is 194 Å². The van der Waals surface area contributed by atoms with E-state index in [0.29, 0.717) is 5.82 Å². The first-order chi connectivity index (χ1) is 27.3. The van der Waals surface area contributed by atoms with Crippen LogP contribution in [0.5, 0.6) is 0 Å². The minimum absolute atomic E-state index is 0.437. The molecular formula is C53H36N2. The molecule has 0 atom stereocenters. The number of hydrogen-bond acceptors (Lipinski definition) is 2. The molecule has 0 radical (unpaired) electrons. The van der Waals surface area contributed by atoms with Gasteiger partial charge in [0, 0.05) is 16.7 Å². The van der Waals surface area contributed by atoms with Gasteiger partial charge in [-0.1, -0.05) is 206 Å². The molecule has 0 unspecified atom stereocenters. The van der Waals surface area contributed by atoms with Gasteiger partial charge in [0.15, 0.2) is 5.82 Å². The highest BCUT2D eigenvalue weighted by molar-refractivity contribution is 5.95. The van der Waals surface area contributed by atoms with Crippen molar-refractivity contribution in [3.8, 4) is 67.3 Å². The van der Waals surface area contributed by atoms with Crippen molar-refractivity contribution in [1.29, 1.82) is 0 Å². The number of aromatic nitrogens is 2. The van der Waals surface area contributed by atoms with Crippen LogP contribution in [-0.2, 0) is 5.41 Å². The molecular weight excluding hydrogens is 665 g/mol. The van der Waals surface area contributed by atoms with E-state index in [4.69, 9.17) is 9.97 Å². The molecule has 0 saturated carbocycles. The molecule has 1 aliphatic carbocycles. The van der Waals surface area contributed by atoms with Crippen molar-refractivity contribution >= 4 is 0 Å². The second-order valence-electron chi connectivity index (χ2n) is 14.1. The molecule has 258 valence electrons. The van der Waals surface area contributed by atoms with Gasteiger partial charge in [0.1, 0.15) is 0 Å². The predicted molar refractivity (Wildman–Crippen MR) is 227 cm³/mol. The van der Waals surface area contributed by atoms with Crippen LogP contribution in [0.3, 0.4) is 0 Å². The van der Waals surface area contributed by atoms with Gasteiger partial charge in [-0.25, -0.2) is 9.97 Å². The highest BCUT2D eigenvalue weighted by Crippen LogP contribution is 2.58. The lowest BCUT2D eigenvalue weighted by Crippen LogP contribution is -2.28. The number of nitrogens with zero attached hydrogens (tertiary/aromatic N) is 2. The summed E-state index contributed by atoms with van der Waals surface area (Å²) in [5, 5.41) is 0. The van der Waals surface area contributed by atoms with Gasteiger partial charge < -0.3 is 0 Å². The molecule has 0 fully saturated rings. The Morgan fingerprint density at radius 1 is 0.291 bits per heavy atom. The average Bonchev–Trinajstić information content (AvgIpc) is 3.59. The van der Waals surface area contributed by atoms with Crippen LogP contribution in [0.25, 0.3) is 67.3 Å². The zero-order valence-electron chi connectivity index (χ0n) is 30.2. The highest BCUT2D eigenvalue weighted by Gasteiger charge is 2.46. The topological polar surface area (TPSA) is 25.8 Å². The van der Waals surface area contributed by atoms with E-state index >= 15 is 0 Å². The molecule has 55 heavy (non-hydrogen) atoms. The normalized spacial score (nSPS) is 12.5. The van der Waals surface area contributed by atoms with Crippen molar-refractivity contribution in [2.75, 3.05) is 0 Å². The number of rotatable bonds is 7. The summed E-state index contributed by atoms with van der Waals surface area (Å²) in [5.41, 5.74) is 16.8. The molecule has 0 spiro atoms. The van der Waals surface area contributed by atoms with Crippen LogP contribution in [0, 0.1) is 0 Å². The molecule has 1 aliphatic rings. The van der Waals surface area contributed by atoms with Gasteiger partial charge in [0.2, 0.25) is 0 Å². The van der Waals surface area contributed by atoms with Crippen LogP contribution in [-0.4, -0.2) is 9.97 Å². The SMILES string of the molecule is c1ccc(-c2cccc(-c3cc(-c4ccc(-c5cccc6c5-c5ccccc5C6(c5ccccc5)c5ccccc5)cc4)nc(-c4ccccc4)n3)c2)cc1. The summed E-state index contributed by atoms with van der Waals surface area (Å²) in [7, 11) is 0. The van der Waals surface area contributed by atoms with Crippen molar-refractivity contribution in [3.05, 3.63) is 241 Å². The minimum atomic E-state index is -0.437. The van der Waals surface area contributed by atoms with Gasteiger partial charge in [0.05, 0.1) is 16.8 Å². The first-order valence-electron chi connectivity index (χ1n) is 18.8. The fraction of sp³-hybridized carbons (Fsp3) is 0.0189. The summed E-state index contributed by atoms with van der Waals surface area (Å²) < 4.78 is 0. The van der Waals surface area contributed by atoms with E-state index in [1.54, 1.807) is 0 Å². The summed E-state index contributed by atoms with van der Waals surface area (Å²) in [5.74, 6) is 0.706. The number of fused-ring (bicyclic) bond motifs is 3. The molecule has 0 saturated heterocycles. The summed E-state index contributed by atoms with van der Waals surface area (Å²) in [4.78, 5) is 10.3. The van der Waals surface area contributed by atoms with Crippen LogP contribution in [0.4, 0.5) is 0 Å². The Morgan fingerprint density at radius 2 is 0.764 bits per heavy atom. The Hall–Kier alpha value is -7.16. The maximum absolute atomic E-state index is 5.15. The van der Waals surface area contributed by atoms with Gasteiger partial charge in [-0.3, -0.25) is 0 Å². The van der Waals surface area contributed by atoms with Gasteiger partial charge in [-0.15, -0.1) is 0 Å². The lowest BCUT2D eigenvalue weighted by Gasteiger charge is -2.34. The molecule has 10 rings (SSSR count). The smallest absolute Gasteiger partial charge is 0.160 e. The molecule has 0 bridgehead atoms. The van der Waals surface area contributed by atoms with Crippen molar-refractivity contribution in [3.63, 3.8) is 0 Å². The molecule has 0 amide bonds. The standard InChI is InChI=1S/C53H36N2/c1-5-17-37(18-6-1)41-21-15-22-42(35-41)50-36-49(54-52(55-50)40-19-7-2-8-20-40)39-33-31-38(32-34-39)45-28-16-30-48-51(45)46-27-13-14-29-47(46)53(48,43-23-9-3-10-24-43)44-25-11-4-12-26-44/h1-36H. The maximum atomic E-state index is 5.15. The monoisotopic (exact) mass is 700 g/mol. The van der Waals surface area contributed by atoms with Crippen LogP contribution < -0.4 is 0 Å². The number of hydrogen-bond donors (Lipinski definition) is 0. The van der Waals surface area contributed by atoms with Crippen LogP contribution in [0.2, 0.25) is 0 Å². The molecule has 9 aromatic rings. The molecule has 2 heteroatoms. The second kappa shape index (κ2) is 13.7. The quantitative estimate of drug-likeness (QED) is 0.165. The van der Waals surface area contributed by atoms with Gasteiger partial charge in [-0.2, -0.15) is 0 Å². The molecule has 0 aliphatic heterocycles. The summed E-state index contributed by atoms with van der Waals surface area (Å²) in [6, 6.07) is 78.1. The molecule has 0 N–H and O–H groups in total. The van der Waals surface area contributed by atoms with Crippen molar-refractivity contribution in [2.45, 2.75) is 5.41 Å². The Labute approximate surface area is 322 Å². The van der Waals surface area contributed by atoms with E-state index in [1.807, 2.05) is 24.3 Å². The van der Waals surface area contributed by atoms with Crippen LogP contribution in [0.15, 0.2) is 218 Å². The van der Waals surface area contributed by atoms with E-state index in [9.17, 15) is 0 Å².